The smallest absolute Gasteiger partial charge is 0.199 e. The molecule has 3 nitrogen and oxygen atoms in total. The van der Waals surface area contributed by atoms with Gasteiger partial charge in [0.25, 0.3) is 0 Å². The fourth-order valence-corrected chi connectivity index (χ4v) is 2.62. The molecule has 0 aromatic heterocycles. The topological polar surface area (TPSA) is 60.2 Å². The summed E-state index contributed by atoms with van der Waals surface area (Å²) in [5.74, 6) is 0.453. The van der Waals surface area contributed by atoms with Gasteiger partial charge < -0.3 is 5.73 Å². The highest BCUT2D eigenvalue weighted by Crippen LogP contribution is 2.12. The highest BCUT2D eigenvalue weighted by atomic mass is 32.2. The third-order valence-corrected chi connectivity index (χ3v) is 3.76. The van der Waals surface area contributed by atoms with Gasteiger partial charge in [-0.25, -0.2) is 8.42 Å². The maximum atomic E-state index is 11.9. The number of hydrogen-bond acceptors (Lipinski definition) is 3. The third kappa shape index (κ3) is 4.71. The number of rotatable bonds is 5. The fraction of sp³-hybridized carbons (Fsp3) is 0.385. The van der Waals surface area contributed by atoms with Crippen molar-refractivity contribution in [1.29, 1.82) is 0 Å². The van der Waals surface area contributed by atoms with Crippen LogP contribution in [0.1, 0.15) is 20.3 Å². The average Bonchev–Trinajstić information content (AvgIpc) is 2.27. The molecule has 2 N–H and O–H groups in total. The molecule has 4 heteroatoms. The molecule has 0 aliphatic rings. The second-order valence-electron chi connectivity index (χ2n) is 4.48. The van der Waals surface area contributed by atoms with E-state index in [1.54, 1.807) is 36.4 Å². The van der Waals surface area contributed by atoms with Crippen molar-refractivity contribution in [2.24, 2.45) is 11.7 Å². The van der Waals surface area contributed by atoms with Gasteiger partial charge in [0, 0.05) is 11.4 Å². The molecule has 0 saturated carbocycles. The van der Waals surface area contributed by atoms with Crippen LogP contribution in [0, 0.1) is 5.92 Å². The lowest BCUT2D eigenvalue weighted by Crippen LogP contribution is -2.19. The molecule has 0 radical (unpaired) electrons. The maximum absolute atomic E-state index is 11.9. The Morgan fingerprint density at radius 2 is 1.82 bits per heavy atom. The molecule has 1 aromatic carbocycles. The molecule has 0 aliphatic carbocycles. The van der Waals surface area contributed by atoms with E-state index in [1.807, 2.05) is 0 Å². The lowest BCUT2D eigenvalue weighted by atomic mass is 10.1. The van der Waals surface area contributed by atoms with Crippen molar-refractivity contribution in [3.63, 3.8) is 0 Å². The van der Waals surface area contributed by atoms with E-state index >= 15 is 0 Å². The number of hydrogen-bond donors (Lipinski definition) is 1. The molecule has 94 valence electrons. The minimum absolute atomic E-state index is 0.214. The Balaban J connectivity index is 2.77. The van der Waals surface area contributed by atoms with Gasteiger partial charge in [0.1, 0.15) is 0 Å². The minimum Gasteiger partial charge on any atom is -0.324 e. The molecule has 1 rings (SSSR count). The molecule has 0 aliphatic heterocycles. The van der Waals surface area contributed by atoms with Crippen LogP contribution in [0.5, 0.6) is 0 Å². The van der Waals surface area contributed by atoms with Crippen LogP contribution >= 0.6 is 0 Å². The minimum atomic E-state index is -3.35. The summed E-state index contributed by atoms with van der Waals surface area (Å²) in [6, 6.07) is 8.13. The van der Waals surface area contributed by atoms with E-state index in [2.05, 4.69) is 13.8 Å². The van der Waals surface area contributed by atoms with Crippen LogP contribution in [0.25, 0.3) is 0 Å². The summed E-state index contributed by atoms with van der Waals surface area (Å²) in [6.45, 7) is 4.11. The normalized spacial score (nSPS) is 14.4. The first-order valence-corrected chi connectivity index (χ1v) is 7.20. The van der Waals surface area contributed by atoms with Gasteiger partial charge in [-0.3, -0.25) is 0 Å². The third-order valence-electron chi connectivity index (χ3n) is 2.32. The Kier molecular flexibility index (Phi) is 4.90. The molecule has 1 atom stereocenters. The predicted molar refractivity (Wildman–Crippen MR) is 70.2 cm³/mol. The molecule has 0 unspecified atom stereocenters. The van der Waals surface area contributed by atoms with Crippen molar-refractivity contribution >= 4 is 9.84 Å². The molecule has 0 bridgehead atoms. The zero-order valence-electron chi connectivity index (χ0n) is 10.2. The predicted octanol–water partition coefficient (Wildman–Crippen LogP) is 2.35. The van der Waals surface area contributed by atoms with Gasteiger partial charge in [0.05, 0.1) is 4.90 Å². The van der Waals surface area contributed by atoms with Crippen LogP contribution in [0.4, 0.5) is 0 Å². The van der Waals surface area contributed by atoms with Crippen LogP contribution < -0.4 is 5.73 Å². The summed E-state index contributed by atoms with van der Waals surface area (Å²) in [5.41, 5.74) is 5.81. The zero-order chi connectivity index (χ0) is 12.9. The first-order valence-electron chi connectivity index (χ1n) is 5.66. The van der Waals surface area contributed by atoms with Crippen LogP contribution in [0.15, 0.2) is 46.7 Å². The second kappa shape index (κ2) is 5.98. The van der Waals surface area contributed by atoms with Gasteiger partial charge in [-0.1, -0.05) is 38.1 Å². The molecule has 0 spiro atoms. The van der Waals surface area contributed by atoms with Gasteiger partial charge in [-0.15, -0.1) is 0 Å². The van der Waals surface area contributed by atoms with Gasteiger partial charge >= 0.3 is 0 Å². The number of benzene rings is 1. The summed E-state index contributed by atoms with van der Waals surface area (Å²) in [4.78, 5) is 0.299. The largest absolute Gasteiger partial charge is 0.324 e. The van der Waals surface area contributed by atoms with E-state index < -0.39 is 9.84 Å². The number of nitrogens with two attached hydrogens (primary N) is 1. The monoisotopic (exact) mass is 253 g/mol. The molecule has 0 amide bonds. The Morgan fingerprint density at radius 1 is 1.24 bits per heavy atom. The summed E-state index contributed by atoms with van der Waals surface area (Å²) in [6.07, 6.45) is 2.34. The van der Waals surface area contributed by atoms with Crippen LogP contribution in [0.2, 0.25) is 0 Å². The van der Waals surface area contributed by atoms with Crippen LogP contribution in [0.3, 0.4) is 0 Å². The first kappa shape index (κ1) is 13.9. The van der Waals surface area contributed by atoms with E-state index in [-0.39, 0.29) is 6.04 Å². The lowest BCUT2D eigenvalue weighted by molar-refractivity contribution is 0.546. The molecule has 0 heterocycles. The van der Waals surface area contributed by atoms with E-state index in [1.165, 1.54) is 5.41 Å². The Hall–Kier alpha value is -1.13. The van der Waals surface area contributed by atoms with Gasteiger partial charge in [-0.05, 0) is 24.5 Å². The van der Waals surface area contributed by atoms with Crippen molar-refractivity contribution in [3.05, 3.63) is 41.8 Å². The van der Waals surface area contributed by atoms with Gasteiger partial charge in [0.2, 0.25) is 0 Å². The number of sulfone groups is 1. The van der Waals surface area contributed by atoms with Crippen molar-refractivity contribution in [2.45, 2.75) is 31.2 Å². The Morgan fingerprint density at radius 3 is 2.35 bits per heavy atom. The van der Waals surface area contributed by atoms with Crippen LogP contribution in [-0.4, -0.2) is 14.5 Å². The lowest BCUT2D eigenvalue weighted by Gasteiger charge is -2.08. The van der Waals surface area contributed by atoms with Crippen LogP contribution in [-0.2, 0) is 9.84 Å². The molecular formula is C13H19NO2S. The second-order valence-corrected chi connectivity index (χ2v) is 6.31. The summed E-state index contributed by atoms with van der Waals surface area (Å²) in [7, 11) is -3.35. The SMILES string of the molecule is CC(C)C[C@H](N)C=CS(=O)(=O)c1ccccc1. The molecule has 0 saturated heterocycles. The van der Waals surface area contributed by atoms with Crippen molar-refractivity contribution < 1.29 is 8.42 Å². The molecular weight excluding hydrogens is 234 g/mol. The van der Waals surface area contributed by atoms with Gasteiger partial charge in [-0.2, -0.15) is 0 Å². The quantitative estimate of drug-likeness (QED) is 0.876. The Labute approximate surface area is 103 Å². The standard InChI is InChI=1S/C13H19NO2S/c1-11(2)10-12(14)8-9-17(15,16)13-6-4-3-5-7-13/h3-9,11-12H,10,14H2,1-2H3/t12-/m1/s1. The summed E-state index contributed by atoms with van der Waals surface area (Å²) < 4.78 is 23.8. The summed E-state index contributed by atoms with van der Waals surface area (Å²) >= 11 is 0. The van der Waals surface area contributed by atoms with E-state index in [0.29, 0.717) is 10.8 Å². The maximum Gasteiger partial charge on any atom is 0.199 e. The fourth-order valence-electron chi connectivity index (χ4n) is 1.52. The zero-order valence-corrected chi connectivity index (χ0v) is 11.0. The van der Waals surface area contributed by atoms with E-state index in [0.717, 1.165) is 6.42 Å². The highest BCUT2D eigenvalue weighted by Gasteiger charge is 2.10. The van der Waals surface area contributed by atoms with Crippen molar-refractivity contribution in [1.82, 2.24) is 0 Å². The summed E-state index contributed by atoms with van der Waals surface area (Å²) in [5, 5.41) is 1.20. The van der Waals surface area contributed by atoms with E-state index in [4.69, 9.17) is 5.73 Å². The highest BCUT2D eigenvalue weighted by molar-refractivity contribution is 7.94. The molecule has 17 heavy (non-hydrogen) atoms. The first-order chi connectivity index (χ1) is 7.92. The van der Waals surface area contributed by atoms with Crippen molar-refractivity contribution in [2.75, 3.05) is 0 Å². The van der Waals surface area contributed by atoms with Crippen molar-refractivity contribution in [3.8, 4) is 0 Å². The van der Waals surface area contributed by atoms with E-state index in [9.17, 15) is 8.42 Å². The molecule has 1 aromatic rings. The molecule has 0 fully saturated rings. The Bertz CT molecular complexity index is 463. The van der Waals surface area contributed by atoms with Gasteiger partial charge in [0.15, 0.2) is 9.84 Å². The average molecular weight is 253 g/mol.